The van der Waals surface area contributed by atoms with Crippen molar-refractivity contribution in [1.82, 2.24) is 9.62 Å². The molecule has 4 rings (SSSR count). The smallest absolute Gasteiger partial charge is 0.254 e. The molecule has 2 aliphatic rings. The largest absolute Gasteiger partial charge is 0.381 e. The molecule has 0 spiro atoms. The number of carbonyl (C=O) groups excluding carboxylic acids is 1. The summed E-state index contributed by atoms with van der Waals surface area (Å²) in [5.74, 6) is -0.875. The van der Waals surface area contributed by atoms with Crippen LogP contribution < -0.4 is 4.72 Å². The Morgan fingerprint density at radius 3 is 2.44 bits per heavy atom. The first kappa shape index (κ1) is 22.9. The first-order valence-corrected chi connectivity index (χ1v) is 12.5. The third-order valence-electron chi connectivity index (χ3n) is 6.20. The van der Waals surface area contributed by atoms with Crippen molar-refractivity contribution in [2.24, 2.45) is 0 Å². The molecule has 1 aliphatic carbocycles. The van der Waals surface area contributed by atoms with Gasteiger partial charge >= 0.3 is 0 Å². The van der Waals surface area contributed by atoms with E-state index in [1.165, 1.54) is 18.7 Å². The van der Waals surface area contributed by atoms with Crippen molar-refractivity contribution < 1.29 is 22.7 Å². The number of likely N-dealkylation sites (tertiary alicyclic amines) is 1. The lowest BCUT2D eigenvalue weighted by atomic mass is 9.95. The molecule has 8 heteroatoms. The maximum atomic E-state index is 15.5. The van der Waals surface area contributed by atoms with Crippen molar-refractivity contribution >= 4 is 15.9 Å². The summed E-state index contributed by atoms with van der Waals surface area (Å²) in [6.45, 7) is 3.11. The van der Waals surface area contributed by atoms with Gasteiger partial charge in [-0.05, 0) is 50.7 Å². The maximum Gasteiger partial charge on any atom is 0.254 e. The second kappa shape index (κ2) is 8.57. The number of amides is 1. The number of aliphatic hydroxyl groups is 1. The standard InChI is InChI=1S/C24H29FN2O4S/c1-24(2,29)23(28)27-14-13-20(26-32(30,31)18-11-12-18)21(27)15-17-9-6-10-19(22(17)25)16-7-4-3-5-8-16/h3-10,18,20-21,26,29H,11-15H2,1-2H3/t20-,21-/m0/s1. The van der Waals surface area contributed by atoms with E-state index < -0.39 is 33.6 Å². The van der Waals surface area contributed by atoms with Crippen LogP contribution in [0.1, 0.15) is 38.7 Å². The van der Waals surface area contributed by atoms with Gasteiger partial charge in [0.05, 0.1) is 11.3 Å². The van der Waals surface area contributed by atoms with Gasteiger partial charge in [-0.3, -0.25) is 4.79 Å². The van der Waals surface area contributed by atoms with Crippen LogP contribution in [0.5, 0.6) is 0 Å². The summed E-state index contributed by atoms with van der Waals surface area (Å²) >= 11 is 0. The second-order valence-electron chi connectivity index (χ2n) is 9.23. The fraction of sp³-hybridized carbons (Fsp3) is 0.458. The first-order valence-electron chi connectivity index (χ1n) is 11.0. The highest BCUT2D eigenvalue weighted by Crippen LogP contribution is 2.32. The minimum absolute atomic E-state index is 0.145. The summed E-state index contributed by atoms with van der Waals surface area (Å²) in [4.78, 5) is 14.4. The molecule has 2 N–H and O–H groups in total. The van der Waals surface area contributed by atoms with E-state index in [9.17, 15) is 18.3 Å². The summed E-state index contributed by atoms with van der Waals surface area (Å²) in [5, 5.41) is 9.90. The Hall–Kier alpha value is -2.29. The number of hydrogen-bond donors (Lipinski definition) is 2. The molecule has 1 saturated heterocycles. The number of halogens is 1. The Labute approximate surface area is 188 Å². The summed E-state index contributed by atoms with van der Waals surface area (Å²) < 4.78 is 43.4. The third-order valence-corrected chi connectivity index (χ3v) is 8.18. The van der Waals surface area contributed by atoms with Crippen molar-refractivity contribution in [3.05, 3.63) is 59.9 Å². The summed E-state index contributed by atoms with van der Waals surface area (Å²) in [6.07, 6.45) is 1.82. The minimum atomic E-state index is -3.49. The molecule has 0 radical (unpaired) electrons. The monoisotopic (exact) mass is 460 g/mol. The molecule has 0 aromatic heterocycles. The zero-order valence-corrected chi connectivity index (χ0v) is 19.1. The van der Waals surface area contributed by atoms with Crippen molar-refractivity contribution in [3.63, 3.8) is 0 Å². The SMILES string of the molecule is CC(C)(O)C(=O)N1CC[C@H](NS(=O)(=O)C2CC2)[C@@H]1Cc1cccc(-c2ccccc2)c1F. The van der Waals surface area contributed by atoms with Crippen molar-refractivity contribution in [1.29, 1.82) is 0 Å². The Kier molecular flexibility index (Phi) is 6.13. The summed E-state index contributed by atoms with van der Waals surface area (Å²) in [7, 11) is -3.49. The van der Waals surface area contributed by atoms with Gasteiger partial charge in [0.2, 0.25) is 10.0 Å². The van der Waals surface area contributed by atoms with Crippen LogP contribution in [-0.4, -0.2) is 53.8 Å². The van der Waals surface area contributed by atoms with Gasteiger partial charge in [-0.15, -0.1) is 0 Å². The van der Waals surface area contributed by atoms with Gasteiger partial charge in [-0.1, -0.05) is 48.5 Å². The lowest BCUT2D eigenvalue weighted by Crippen LogP contribution is -2.53. The lowest BCUT2D eigenvalue weighted by Gasteiger charge is -2.32. The molecule has 32 heavy (non-hydrogen) atoms. The summed E-state index contributed by atoms with van der Waals surface area (Å²) in [5.41, 5.74) is 0.000100. The van der Waals surface area contributed by atoms with E-state index in [2.05, 4.69) is 4.72 Å². The van der Waals surface area contributed by atoms with E-state index in [0.29, 0.717) is 36.9 Å². The molecule has 1 saturated carbocycles. The quantitative estimate of drug-likeness (QED) is 0.665. The summed E-state index contributed by atoms with van der Waals surface area (Å²) in [6, 6.07) is 13.2. The molecule has 2 fully saturated rings. The highest BCUT2D eigenvalue weighted by atomic mass is 32.2. The molecule has 172 valence electrons. The van der Waals surface area contributed by atoms with Crippen LogP contribution in [-0.2, 0) is 21.2 Å². The average Bonchev–Trinajstić information content (AvgIpc) is 3.54. The van der Waals surface area contributed by atoms with Gasteiger partial charge in [-0.25, -0.2) is 17.5 Å². The number of sulfonamides is 1. The average molecular weight is 461 g/mol. The molecular weight excluding hydrogens is 431 g/mol. The van der Waals surface area contributed by atoms with Crippen molar-refractivity contribution in [2.75, 3.05) is 6.54 Å². The molecule has 2 aromatic rings. The maximum absolute atomic E-state index is 15.5. The van der Waals surface area contributed by atoms with E-state index in [0.717, 1.165) is 5.56 Å². The molecule has 2 aromatic carbocycles. The lowest BCUT2D eigenvalue weighted by molar-refractivity contribution is -0.148. The minimum Gasteiger partial charge on any atom is -0.381 e. The van der Waals surface area contributed by atoms with E-state index in [1.807, 2.05) is 30.3 Å². The van der Waals surface area contributed by atoms with Gasteiger partial charge in [-0.2, -0.15) is 0 Å². The number of rotatable bonds is 7. The van der Waals surface area contributed by atoms with Crippen LogP contribution >= 0.6 is 0 Å². The Morgan fingerprint density at radius 2 is 1.81 bits per heavy atom. The molecule has 2 atom stereocenters. The van der Waals surface area contributed by atoms with Gasteiger partial charge in [0.15, 0.2) is 0 Å². The third kappa shape index (κ3) is 4.72. The fourth-order valence-corrected chi connectivity index (χ4v) is 5.98. The number of benzene rings is 2. The van der Waals surface area contributed by atoms with Gasteiger partial charge in [0, 0.05) is 18.2 Å². The number of nitrogens with one attached hydrogen (secondary N) is 1. The number of hydrogen-bond acceptors (Lipinski definition) is 4. The topological polar surface area (TPSA) is 86.7 Å². The van der Waals surface area contributed by atoms with Crippen LogP contribution in [0.15, 0.2) is 48.5 Å². The van der Waals surface area contributed by atoms with Crippen molar-refractivity contribution in [3.8, 4) is 11.1 Å². The highest BCUT2D eigenvalue weighted by Gasteiger charge is 2.45. The van der Waals surface area contributed by atoms with Gasteiger partial charge < -0.3 is 10.0 Å². The predicted molar refractivity (Wildman–Crippen MR) is 121 cm³/mol. The van der Waals surface area contributed by atoms with Crippen LogP contribution in [0.2, 0.25) is 0 Å². The van der Waals surface area contributed by atoms with Crippen molar-refractivity contribution in [2.45, 2.75) is 62.5 Å². The van der Waals surface area contributed by atoms with Crippen LogP contribution in [0, 0.1) is 5.82 Å². The van der Waals surface area contributed by atoms with Gasteiger partial charge in [0.1, 0.15) is 11.4 Å². The molecule has 0 bridgehead atoms. The van der Waals surface area contributed by atoms with Crippen LogP contribution in [0.25, 0.3) is 11.1 Å². The molecule has 6 nitrogen and oxygen atoms in total. The molecule has 0 unspecified atom stereocenters. The molecule has 1 aliphatic heterocycles. The Morgan fingerprint density at radius 1 is 1.12 bits per heavy atom. The van der Waals surface area contributed by atoms with E-state index in [4.69, 9.17) is 0 Å². The van der Waals surface area contributed by atoms with E-state index in [1.54, 1.807) is 18.2 Å². The fourth-order valence-electron chi connectivity index (χ4n) is 4.34. The zero-order valence-electron chi connectivity index (χ0n) is 18.3. The zero-order chi connectivity index (χ0) is 23.1. The Balaban J connectivity index is 1.66. The van der Waals surface area contributed by atoms with E-state index >= 15 is 4.39 Å². The van der Waals surface area contributed by atoms with E-state index in [-0.39, 0.29) is 17.5 Å². The molecule has 1 amide bonds. The van der Waals surface area contributed by atoms with Crippen LogP contribution in [0.4, 0.5) is 4.39 Å². The second-order valence-corrected chi connectivity index (χ2v) is 11.2. The Bertz CT molecular complexity index is 1090. The van der Waals surface area contributed by atoms with Crippen LogP contribution in [0.3, 0.4) is 0 Å². The first-order chi connectivity index (χ1) is 15.1. The number of nitrogens with zero attached hydrogens (tertiary/aromatic N) is 1. The molecular formula is C24H29FN2O4S. The normalized spacial score (nSPS) is 21.7. The molecule has 1 heterocycles. The highest BCUT2D eigenvalue weighted by molar-refractivity contribution is 7.90. The van der Waals surface area contributed by atoms with Gasteiger partial charge in [0.25, 0.3) is 5.91 Å². The number of carbonyl (C=O) groups is 1. The predicted octanol–water partition coefficient (Wildman–Crippen LogP) is 2.86.